The molecule has 1 atom stereocenters. The van der Waals surface area contributed by atoms with Gasteiger partial charge in [0.15, 0.2) is 0 Å². The summed E-state index contributed by atoms with van der Waals surface area (Å²) in [6, 6.07) is -0.252. The number of esters is 1. The number of hydrogen-bond donors (Lipinski definition) is 0. The highest BCUT2D eigenvalue weighted by Crippen LogP contribution is 2.21. The summed E-state index contributed by atoms with van der Waals surface area (Å²) in [5.74, 6) is -0.0309. The van der Waals surface area contributed by atoms with E-state index in [2.05, 4.69) is 0 Å². The molecule has 5 nitrogen and oxygen atoms in total. The van der Waals surface area contributed by atoms with Crippen LogP contribution in [0.5, 0.6) is 0 Å². The van der Waals surface area contributed by atoms with Gasteiger partial charge in [-0.25, -0.2) is 0 Å². The van der Waals surface area contributed by atoms with Crippen molar-refractivity contribution < 1.29 is 14.3 Å². The Morgan fingerprint density at radius 2 is 1.71 bits per heavy atom. The molecule has 0 spiro atoms. The maximum Gasteiger partial charge on any atom is 0.323 e. The molecule has 2 fully saturated rings. The molecule has 2 saturated heterocycles. The van der Waals surface area contributed by atoms with Crippen molar-refractivity contribution in [3.63, 3.8) is 0 Å². The number of piperidine rings is 1. The predicted molar refractivity (Wildman–Crippen MR) is 80.9 cm³/mol. The Kier molecular flexibility index (Phi) is 5.25. The van der Waals surface area contributed by atoms with E-state index in [1.165, 1.54) is 6.42 Å². The number of amides is 1. The Bertz CT molecular complexity index is 383. The quantitative estimate of drug-likeness (QED) is 0.745. The van der Waals surface area contributed by atoms with E-state index in [9.17, 15) is 9.59 Å². The van der Waals surface area contributed by atoms with Gasteiger partial charge in [0.25, 0.3) is 0 Å². The van der Waals surface area contributed by atoms with Gasteiger partial charge in [-0.3, -0.25) is 14.5 Å². The molecule has 2 heterocycles. The van der Waals surface area contributed by atoms with Crippen molar-refractivity contribution in [1.82, 2.24) is 9.80 Å². The Morgan fingerprint density at radius 3 is 2.33 bits per heavy atom. The van der Waals surface area contributed by atoms with E-state index in [4.69, 9.17) is 4.74 Å². The van der Waals surface area contributed by atoms with Crippen LogP contribution in [0.25, 0.3) is 0 Å². The van der Waals surface area contributed by atoms with Gasteiger partial charge in [-0.15, -0.1) is 0 Å². The Balaban J connectivity index is 1.89. The van der Waals surface area contributed by atoms with Crippen LogP contribution < -0.4 is 0 Å². The van der Waals surface area contributed by atoms with Crippen LogP contribution in [0.2, 0.25) is 0 Å². The zero-order valence-corrected chi connectivity index (χ0v) is 13.6. The van der Waals surface area contributed by atoms with E-state index in [0.29, 0.717) is 6.54 Å². The van der Waals surface area contributed by atoms with Gasteiger partial charge in [0.05, 0.1) is 6.54 Å². The monoisotopic (exact) mass is 296 g/mol. The van der Waals surface area contributed by atoms with Crippen LogP contribution in [0.1, 0.15) is 52.9 Å². The number of hydrogen-bond acceptors (Lipinski definition) is 4. The first kappa shape index (κ1) is 16.3. The van der Waals surface area contributed by atoms with Gasteiger partial charge in [-0.2, -0.15) is 0 Å². The van der Waals surface area contributed by atoms with E-state index < -0.39 is 5.60 Å². The number of nitrogens with zero attached hydrogens (tertiary/aromatic N) is 2. The first-order valence-electron chi connectivity index (χ1n) is 8.11. The SMILES string of the molecule is CC(C)(C)OC(=O)[C@@H]1CCCN1CC(=O)N1CCCCC1. The minimum Gasteiger partial charge on any atom is -0.459 e. The lowest BCUT2D eigenvalue weighted by Crippen LogP contribution is -2.47. The topological polar surface area (TPSA) is 49.9 Å². The Morgan fingerprint density at radius 1 is 1.05 bits per heavy atom. The smallest absolute Gasteiger partial charge is 0.323 e. The summed E-state index contributed by atoms with van der Waals surface area (Å²) in [6.07, 6.45) is 5.16. The molecule has 0 aromatic rings. The Hall–Kier alpha value is -1.10. The van der Waals surface area contributed by atoms with Gasteiger partial charge in [-0.05, 0) is 59.4 Å². The third-order valence-corrected chi connectivity index (χ3v) is 4.09. The molecular weight excluding hydrogens is 268 g/mol. The maximum atomic E-state index is 12.3. The maximum absolute atomic E-state index is 12.3. The first-order chi connectivity index (χ1) is 9.87. The van der Waals surface area contributed by atoms with Crippen LogP contribution >= 0.6 is 0 Å². The summed E-state index contributed by atoms with van der Waals surface area (Å²) in [6.45, 7) is 8.52. The largest absolute Gasteiger partial charge is 0.459 e. The second-order valence-corrected chi connectivity index (χ2v) is 7.10. The lowest BCUT2D eigenvalue weighted by atomic mass is 10.1. The van der Waals surface area contributed by atoms with Crippen LogP contribution in [0.3, 0.4) is 0 Å². The number of carbonyl (C=O) groups is 2. The van der Waals surface area contributed by atoms with E-state index in [0.717, 1.165) is 45.3 Å². The molecule has 21 heavy (non-hydrogen) atoms. The number of carbonyl (C=O) groups excluding carboxylic acids is 2. The molecule has 0 aliphatic carbocycles. The molecule has 0 N–H and O–H groups in total. The van der Waals surface area contributed by atoms with Crippen molar-refractivity contribution in [2.75, 3.05) is 26.2 Å². The van der Waals surface area contributed by atoms with E-state index >= 15 is 0 Å². The van der Waals surface area contributed by atoms with Crippen molar-refractivity contribution in [2.24, 2.45) is 0 Å². The van der Waals surface area contributed by atoms with Crippen molar-refractivity contribution in [3.05, 3.63) is 0 Å². The minimum absolute atomic E-state index is 0.158. The predicted octanol–water partition coefficient (Wildman–Crippen LogP) is 1.80. The van der Waals surface area contributed by atoms with Crippen molar-refractivity contribution in [1.29, 1.82) is 0 Å². The van der Waals surface area contributed by atoms with Crippen molar-refractivity contribution >= 4 is 11.9 Å². The molecular formula is C16H28N2O3. The normalized spacial score (nSPS) is 24.1. The molecule has 0 bridgehead atoms. The van der Waals surface area contributed by atoms with Gasteiger partial charge in [0, 0.05) is 13.1 Å². The molecule has 120 valence electrons. The zero-order chi connectivity index (χ0) is 15.5. The summed E-state index contributed by atoms with van der Waals surface area (Å²) in [5.41, 5.74) is -0.470. The van der Waals surface area contributed by atoms with Gasteiger partial charge in [-0.1, -0.05) is 0 Å². The van der Waals surface area contributed by atoms with Gasteiger partial charge in [0.2, 0.25) is 5.91 Å². The van der Waals surface area contributed by atoms with E-state index in [-0.39, 0.29) is 17.9 Å². The molecule has 0 radical (unpaired) electrons. The van der Waals surface area contributed by atoms with E-state index in [1.54, 1.807) is 0 Å². The first-order valence-corrected chi connectivity index (χ1v) is 8.11. The number of rotatable bonds is 3. The standard InChI is InChI=1S/C16H28N2O3/c1-16(2,3)21-15(20)13-8-7-11-18(13)12-14(19)17-9-5-4-6-10-17/h13H,4-12H2,1-3H3/t13-/m0/s1. The fourth-order valence-corrected chi connectivity index (χ4v) is 3.07. The van der Waals surface area contributed by atoms with Crippen LogP contribution in [0, 0.1) is 0 Å². The molecule has 0 aromatic heterocycles. The summed E-state index contributed by atoms with van der Waals surface area (Å²) in [5, 5.41) is 0. The van der Waals surface area contributed by atoms with Crippen molar-refractivity contribution in [2.45, 2.75) is 64.5 Å². The summed E-state index contributed by atoms with van der Waals surface area (Å²) in [4.78, 5) is 28.5. The average Bonchev–Trinajstić information content (AvgIpc) is 2.86. The van der Waals surface area contributed by atoms with Crippen LogP contribution in [0.4, 0.5) is 0 Å². The molecule has 0 aromatic carbocycles. The van der Waals surface area contributed by atoms with Gasteiger partial charge < -0.3 is 9.64 Å². The zero-order valence-electron chi connectivity index (χ0n) is 13.6. The van der Waals surface area contributed by atoms with Crippen molar-refractivity contribution in [3.8, 4) is 0 Å². The minimum atomic E-state index is -0.470. The third-order valence-electron chi connectivity index (χ3n) is 4.09. The fraction of sp³-hybridized carbons (Fsp3) is 0.875. The highest BCUT2D eigenvalue weighted by Gasteiger charge is 2.35. The average molecular weight is 296 g/mol. The van der Waals surface area contributed by atoms with Gasteiger partial charge in [0.1, 0.15) is 11.6 Å². The second kappa shape index (κ2) is 6.77. The lowest BCUT2D eigenvalue weighted by molar-refractivity contribution is -0.160. The van der Waals surface area contributed by atoms with Crippen LogP contribution in [-0.2, 0) is 14.3 Å². The molecule has 2 aliphatic heterocycles. The third kappa shape index (κ3) is 4.70. The summed E-state index contributed by atoms with van der Waals surface area (Å²) in [7, 11) is 0. The number of ether oxygens (including phenoxy) is 1. The van der Waals surface area contributed by atoms with Crippen LogP contribution in [0.15, 0.2) is 0 Å². The summed E-state index contributed by atoms with van der Waals surface area (Å²) >= 11 is 0. The molecule has 1 amide bonds. The molecule has 2 aliphatic rings. The molecule has 0 unspecified atom stereocenters. The number of likely N-dealkylation sites (tertiary alicyclic amines) is 2. The van der Waals surface area contributed by atoms with E-state index in [1.807, 2.05) is 30.6 Å². The Labute approximate surface area is 127 Å². The molecule has 5 heteroatoms. The van der Waals surface area contributed by atoms with Gasteiger partial charge >= 0.3 is 5.97 Å². The van der Waals surface area contributed by atoms with Crippen LogP contribution in [-0.4, -0.2) is 59.5 Å². The highest BCUT2D eigenvalue weighted by atomic mass is 16.6. The second-order valence-electron chi connectivity index (χ2n) is 7.10. The fourth-order valence-electron chi connectivity index (χ4n) is 3.07. The lowest BCUT2D eigenvalue weighted by Gasteiger charge is -2.31. The summed E-state index contributed by atoms with van der Waals surface area (Å²) < 4.78 is 5.47. The molecule has 2 rings (SSSR count). The molecule has 0 saturated carbocycles. The highest BCUT2D eigenvalue weighted by molar-refractivity contribution is 5.81.